The van der Waals surface area contributed by atoms with Gasteiger partial charge in [0.1, 0.15) is 11.3 Å². The van der Waals surface area contributed by atoms with Crippen molar-refractivity contribution in [3.63, 3.8) is 0 Å². The van der Waals surface area contributed by atoms with Gasteiger partial charge in [-0.25, -0.2) is 0 Å². The number of halogens is 1. The normalized spacial score (nSPS) is 15.2. The number of hydrogen-bond acceptors (Lipinski definition) is 5. The summed E-state index contributed by atoms with van der Waals surface area (Å²) in [6.07, 6.45) is 8.10. The van der Waals surface area contributed by atoms with Crippen LogP contribution in [0.5, 0.6) is 5.75 Å². The molecule has 5 nitrogen and oxygen atoms in total. The van der Waals surface area contributed by atoms with Gasteiger partial charge in [0.05, 0.1) is 10.8 Å². The van der Waals surface area contributed by atoms with Gasteiger partial charge in [0.2, 0.25) is 0 Å². The van der Waals surface area contributed by atoms with Crippen LogP contribution < -0.4 is 10.2 Å². The lowest BCUT2D eigenvalue weighted by molar-refractivity contribution is 0.0512. The first-order valence-electron chi connectivity index (χ1n) is 11.0. The summed E-state index contributed by atoms with van der Waals surface area (Å²) < 4.78 is 6.98. The molecule has 0 amide bonds. The Balaban J connectivity index is 0.00000272. The summed E-state index contributed by atoms with van der Waals surface area (Å²) >= 11 is 1.17. The van der Waals surface area contributed by atoms with Crippen molar-refractivity contribution in [1.29, 1.82) is 0 Å². The highest BCUT2D eigenvalue weighted by atomic mass is 35.5. The van der Waals surface area contributed by atoms with E-state index in [1.165, 1.54) is 35.3 Å². The Hall–Kier alpha value is -1.86. The van der Waals surface area contributed by atoms with E-state index < -0.39 is 0 Å². The fraction of sp³-hybridized carbons (Fsp3) is 0.458. The summed E-state index contributed by atoms with van der Waals surface area (Å²) in [4.78, 5) is 14.2. The number of phenols is 1. The second kappa shape index (κ2) is 11.7. The van der Waals surface area contributed by atoms with Gasteiger partial charge in [-0.1, -0.05) is 54.5 Å². The molecule has 0 aliphatic heterocycles. The Morgan fingerprint density at radius 1 is 1.10 bits per heavy atom. The zero-order valence-corrected chi connectivity index (χ0v) is 19.3. The number of benzene rings is 2. The van der Waals surface area contributed by atoms with Crippen LogP contribution in [-0.4, -0.2) is 29.8 Å². The molecule has 7 heteroatoms. The molecule has 2 aromatic carbocycles. The monoisotopic (exact) mass is 462 g/mol. The zero-order chi connectivity index (χ0) is 20.8. The minimum atomic E-state index is -0.123. The molecule has 168 valence electrons. The number of unbranched alkanes of at least 4 members (excludes halogenated alkanes) is 3. The summed E-state index contributed by atoms with van der Waals surface area (Å²) in [5.74, 6) is 0.140. The average molecular weight is 463 g/mol. The molecule has 31 heavy (non-hydrogen) atoms. The number of hydrogen-bond donors (Lipinski definition) is 3. The lowest BCUT2D eigenvalue weighted by atomic mass is 10.1. The molecule has 1 atom stereocenters. The van der Waals surface area contributed by atoms with Crippen LogP contribution in [0.15, 0.2) is 41.2 Å². The molecule has 1 unspecified atom stereocenters. The molecule has 3 aromatic rings. The molecule has 0 spiro atoms. The van der Waals surface area contributed by atoms with Crippen molar-refractivity contribution in [2.75, 3.05) is 19.7 Å². The van der Waals surface area contributed by atoms with Crippen molar-refractivity contribution >= 4 is 34.0 Å². The number of ether oxygens (including phenoxy) is 1. The predicted octanol–water partition coefficient (Wildman–Crippen LogP) is 5.11. The SMILES string of the molecule is Cl.O=c1[nH]c2c(O)ccc(CCNCCCCCCOC3CCc4ccccc43)c2s1. The number of phenolic OH excluding ortho intramolecular Hbond substituents is 1. The van der Waals surface area contributed by atoms with Crippen molar-refractivity contribution in [2.24, 2.45) is 0 Å². The third-order valence-corrected chi connectivity index (χ3v) is 6.81. The van der Waals surface area contributed by atoms with Gasteiger partial charge in [0.25, 0.3) is 0 Å². The van der Waals surface area contributed by atoms with Gasteiger partial charge in [-0.05, 0) is 68.0 Å². The highest BCUT2D eigenvalue weighted by Gasteiger charge is 2.21. The Bertz CT molecular complexity index is 1030. The van der Waals surface area contributed by atoms with E-state index in [-0.39, 0.29) is 23.0 Å². The number of H-pyrrole nitrogens is 1. The molecule has 1 aliphatic carbocycles. The minimum Gasteiger partial charge on any atom is -0.506 e. The van der Waals surface area contributed by atoms with Crippen LogP contribution in [0.2, 0.25) is 0 Å². The summed E-state index contributed by atoms with van der Waals surface area (Å²) in [7, 11) is 0. The van der Waals surface area contributed by atoms with Gasteiger partial charge >= 0.3 is 4.87 Å². The van der Waals surface area contributed by atoms with Crippen LogP contribution in [-0.2, 0) is 17.6 Å². The van der Waals surface area contributed by atoms with E-state index in [0.717, 1.165) is 62.1 Å². The predicted molar refractivity (Wildman–Crippen MR) is 130 cm³/mol. The number of aryl methyl sites for hydroxylation is 1. The van der Waals surface area contributed by atoms with E-state index in [2.05, 4.69) is 34.6 Å². The van der Waals surface area contributed by atoms with E-state index >= 15 is 0 Å². The van der Waals surface area contributed by atoms with Gasteiger partial charge in [-0.3, -0.25) is 4.79 Å². The van der Waals surface area contributed by atoms with Gasteiger partial charge in [-0.15, -0.1) is 12.4 Å². The maximum atomic E-state index is 11.6. The van der Waals surface area contributed by atoms with Gasteiger partial charge < -0.3 is 20.1 Å². The van der Waals surface area contributed by atoms with Crippen LogP contribution in [0, 0.1) is 0 Å². The molecule has 0 bridgehead atoms. The van der Waals surface area contributed by atoms with Crippen molar-refractivity contribution in [1.82, 2.24) is 10.3 Å². The fourth-order valence-electron chi connectivity index (χ4n) is 4.24. The second-order valence-electron chi connectivity index (χ2n) is 7.97. The van der Waals surface area contributed by atoms with Crippen molar-refractivity contribution < 1.29 is 9.84 Å². The van der Waals surface area contributed by atoms with Crippen molar-refractivity contribution in [3.05, 3.63) is 62.8 Å². The molecule has 1 aliphatic rings. The van der Waals surface area contributed by atoms with Gasteiger partial charge in [0.15, 0.2) is 0 Å². The van der Waals surface area contributed by atoms with Gasteiger partial charge in [0, 0.05) is 6.61 Å². The molecule has 1 heterocycles. The first-order valence-corrected chi connectivity index (χ1v) is 11.8. The largest absolute Gasteiger partial charge is 0.506 e. The fourth-order valence-corrected chi connectivity index (χ4v) is 5.14. The van der Waals surface area contributed by atoms with Crippen LogP contribution in [0.1, 0.15) is 54.9 Å². The highest BCUT2D eigenvalue weighted by Crippen LogP contribution is 2.33. The van der Waals surface area contributed by atoms with E-state index in [1.807, 2.05) is 6.07 Å². The Morgan fingerprint density at radius 3 is 2.84 bits per heavy atom. The first kappa shape index (κ1) is 23.8. The van der Waals surface area contributed by atoms with E-state index in [1.54, 1.807) is 6.07 Å². The van der Waals surface area contributed by atoms with Crippen LogP contribution in [0.25, 0.3) is 10.2 Å². The maximum Gasteiger partial charge on any atom is 0.305 e. The van der Waals surface area contributed by atoms with Gasteiger partial charge in [-0.2, -0.15) is 0 Å². The average Bonchev–Trinajstić information content (AvgIpc) is 3.35. The van der Waals surface area contributed by atoms with Crippen LogP contribution in [0.4, 0.5) is 0 Å². The second-order valence-corrected chi connectivity index (χ2v) is 8.96. The summed E-state index contributed by atoms with van der Waals surface area (Å²) in [6.45, 7) is 2.72. The van der Waals surface area contributed by atoms with Crippen LogP contribution in [0.3, 0.4) is 0 Å². The Morgan fingerprint density at radius 2 is 1.94 bits per heavy atom. The number of aromatic hydroxyl groups is 1. The molecule has 0 saturated carbocycles. The van der Waals surface area contributed by atoms with Crippen molar-refractivity contribution in [2.45, 2.75) is 51.0 Å². The van der Waals surface area contributed by atoms with E-state index in [9.17, 15) is 9.90 Å². The lowest BCUT2D eigenvalue weighted by Crippen LogP contribution is -2.18. The molecule has 1 aromatic heterocycles. The number of rotatable bonds is 11. The molecule has 0 fully saturated rings. The molecule has 4 rings (SSSR count). The Kier molecular flexibility index (Phi) is 8.96. The topological polar surface area (TPSA) is 74.4 Å². The highest BCUT2D eigenvalue weighted by molar-refractivity contribution is 7.16. The molecule has 3 N–H and O–H groups in total. The van der Waals surface area contributed by atoms with Crippen LogP contribution >= 0.6 is 23.7 Å². The van der Waals surface area contributed by atoms with Crippen molar-refractivity contribution in [3.8, 4) is 5.75 Å². The maximum absolute atomic E-state index is 11.6. The minimum absolute atomic E-state index is 0. The summed E-state index contributed by atoms with van der Waals surface area (Å²) in [6, 6.07) is 12.2. The van der Waals surface area contributed by atoms with E-state index in [4.69, 9.17) is 4.74 Å². The number of fused-ring (bicyclic) bond motifs is 2. The molecule has 0 radical (unpaired) electrons. The quantitative estimate of drug-likeness (QED) is 0.346. The third-order valence-electron chi connectivity index (χ3n) is 5.85. The number of thiazole rings is 1. The Labute approximate surface area is 193 Å². The summed E-state index contributed by atoms with van der Waals surface area (Å²) in [5, 5.41) is 13.3. The smallest absolute Gasteiger partial charge is 0.305 e. The molecular weight excluding hydrogens is 432 g/mol. The lowest BCUT2D eigenvalue weighted by Gasteiger charge is -2.13. The summed E-state index contributed by atoms with van der Waals surface area (Å²) in [5.41, 5.74) is 4.50. The molecular formula is C24H31ClN2O3S. The third kappa shape index (κ3) is 6.10. The number of nitrogens with one attached hydrogen (secondary N) is 2. The standard InChI is InChI=1S/C24H30N2O3S.ClH/c27-20-11-9-18(23-22(20)26-24(28)30-23)13-15-25-14-5-1-2-6-16-29-21-12-10-17-7-3-4-8-19(17)21;/h3-4,7-9,11,21,25,27H,1-2,5-6,10,12-16H2,(H,26,28);1H. The van der Waals surface area contributed by atoms with E-state index in [0.29, 0.717) is 11.6 Å². The molecule has 0 saturated heterocycles. The number of aromatic amines is 1. The first-order chi connectivity index (χ1) is 14.7. The number of aromatic nitrogens is 1. The zero-order valence-electron chi connectivity index (χ0n) is 17.7.